The van der Waals surface area contributed by atoms with Gasteiger partial charge in [0.25, 0.3) is 0 Å². The second-order valence-corrected chi connectivity index (χ2v) is 31.3. The summed E-state index contributed by atoms with van der Waals surface area (Å²) in [5.41, 5.74) is -5.79. The number of alkyl carbamates (subject to hydrolysis) is 1. The van der Waals surface area contributed by atoms with Crippen LogP contribution in [0.5, 0.6) is 0 Å². The Morgan fingerprint density at radius 3 is 2.13 bits per heavy atom. The summed E-state index contributed by atoms with van der Waals surface area (Å²) in [5.74, 6) is -2.59. The number of nitrogens with one attached hydrogen (secondary N) is 1. The van der Waals surface area contributed by atoms with Gasteiger partial charge in [-0.1, -0.05) is 128 Å². The van der Waals surface area contributed by atoms with Crippen molar-refractivity contribution in [3.05, 3.63) is 107 Å². The highest BCUT2D eigenvalue weighted by Crippen LogP contribution is 2.69. The molecule has 18 nitrogen and oxygen atoms in total. The molecule has 2 N–H and O–H groups in total. The number of fused-ring (bicyclic) bond motifs is 10. The number of hydrogen-bond donors (Lipinski definition) is 2. The first-order valence-corrected chi connectivity index (χ1v) is 34.4. The molecule has 1 aliphatic heterocycles. The molecule has 2 aromatic carbocycles. The van der Waals surface area contributed by atoms with Crippen molar-refractivity contribution in [1.82, 2.24) is 5.32 Å². The topological polar surface area (TPSA) is 235 Å². The molecule has 0 spiro atoms. The van der Waals surface area contributed by atoms with Gasteiger partial charge in [-0.05, 0) is 155 Å². The van der Waals surface area contributed by atoms with Crippen molar-refractivity contribution in [3.63, 3.8) is 0 Å². The molecule has 0 radical (unpaired) electrons. The third-order valence-electron chi connectivity index (χ3n) is 24.2. The number of esters is 5. The van der Waals surface area contributed by atoms with Gasteiger partial charge in [0.15, 0.2) is 11.4 Å². The number of allylic oxidation sites excluding steroid dienone is 1. The van der Waals surface area contributed by atoms with Crippen LogP contribution in [0.4, 0.5) is 4.79 Å². The van der Waals surface area contributed by atoms with Gasteiger partial charge in [-0.25, -0.2) is 24.0 Å². The predicted molar refractivity (Wildman–Crippen MR) is 349 cm³/mol. The van der Waals surface area contributed by atoms with Crippen LogP contribution >= 0.6 is 0 Å². The van der Waals surface area contributed by atoms with Crippen LogP contribution in [0, 0.1) is 63.1 Å². The minimum atomic E-state index is -2.35. The number of aliphatic hydroxyl groups is 1. The van der Waals surface area contributed by atoms with Gasteiger partial charge in [0.05, 0.1) is 29.6 Å². The Balaban J connectivity index is 0.942. The number of ketones is 1. The number of amides is 1. The molecule has 514 valence electrons. The van der Waals surface area contributed by atoms with Gasteiger partial charge in [-0.2, -0.15) is 0 Å². The van der Waals surface area contributed by atoms with Gasteiger partial charge in [0.1, 0.15) is 47.8 Å². The van der Waals surface area contributed by atoms with Crippen molar-refractivity contribution >= 4 is 41.7 Å². The number of hydrogen-bond acceptors (Lipinski definition) is 17. The maximum Gasteiger partial charge on any atom is 0.408 e. The van der Waals surface area contributed by atoms with E-state index in [1.54, 1.807) is 97.0 Å². The lowest BCUT2D eigenvalue weighted by Crippen LogP contribution is -2.82. The molecule has 5 saturated carbocycles. The van der Waals surface area contributed by atoms with Crippen molar-refractivity contribution in [2.45, 2.75) is 239 Å². The molecule has 19 atom stereocenters. The summed E-state index contributed by atoms with van der Waals surface area (Å²) in [5, 5.41) is 17.0. The average Bonchev–Trinajstić information content (AvgIpc) is 0.762. The molecular formula is C76H103NO17. The zero-order valence-corrected chi connectivity index (χ0v) is 58.0. The third kappa shape index (κ3) is 12.9. The van der Waals surface area contributed by atoms with Gasteiger partial charge < -0.3 is 53.1 Å². The van der Waals surface area contributed by atoms with Crippen LogP contribution in [0.1, 0.15) is 195 Å². The second-order valence-electron chi connectivity index (χ2n) is 31.3. The lowest BCUT2D eigenvalue weighted by atomic mass is 9.44. The van der Waals surface area contributed by atoms with E-state index in [-0.39, 0.29) is 40.7 Å². The number of carbonyl (C=O) groups is 7. The van der Waals surface area contributed by atoms with Crippen molar-refractivity contribution in [2.75, 3.05) is 20.8 Å². The third-order valence-corrected chi connectivity index (χ3v) is 24.2. The van der Waals surface area contributed by atoms with Crippen LogP contribution in [-0.4, -0.2) is 127 Å². The van der Waals surface area contributed by atoms with Gasteiger partial charge in [0.2, 0.25) is 6.10 Å². The summed E-state index contributed by atoms with van der Waals surface area (Å²) in [6.45, 7) is 24.8. The number of carbonyl (C=O) groups excluding carboxylic acids is 7. The zero-order valence-electron chi connectivity index (χ0n) is 58.0. The van der Waals surface area contributed by atoms with Crippen LogP contribution in [-0.2, 0) is 66.6 Å². The Bertz CT molecular complexity index is 3280. The number of benzene rings is 2. The van der Waals surface area contributed by atoms with Crippen LogP contribution in [0.15, 0.2) is 95.6 Å². The fraction of sp³-hybridized carbons (Fsp3) is 0.671. The summed E-state index contributed by atoms with van der Waals surface area (Å²) >= 11 is 0. The molecule has 1 heterocycles. The Kier molecular flexibility index (Phi) is 20.3. The van der Waals surface area contributed by atoms with Crippen molar-refractivity contribution in [1.29, 1.82) is 0 Å². The maximum absolute atomic E-state index is 16.0. The molecule has 2 aromatic rings. The first kappa shape index (κ1) is 70.6. The highest BCUT2D eigenvalue weighted by molar-refractivity contribution is 5.95. The fourth-order valence-electron chi connectivity index (χ4n) is 19.4. The summed E-state index contributed by atoms with van der Waals surface area (Å²) < 4.78 is 55.9. The lowest BCUT2D eigenvalue weighted by molar-refractivity contribution is -0.347. The van der Waals surface area contributed by atoms with Crippen molar-refractivity contribution in [2.24, 2.45) is 63.1 Å². The first-order valence-electron chi connectivity index (χ1n) is 34.4. The minimum Gasteiger partial charge on any atom is -0.459 e. The van der Waals surface area contributed by atoms with E-state index < -0.39 is 130 Å². The van der Waals surface area contributed by atoms with E-state index in [1.165, 1.54) is 83.8 Å². The molecule has 6 fully saturated rings. The molecule has 1 amide bonds. The maximum atomic E-state index is 16.0. The summed E-state index contributed by atoms with van der Waals surface area (Å²) in [7, 11) is 2.77. The van der Waals surface area contributed by atoms with Crippen LogP contribution in [0.2, 0.25) is 0 Å². The average molecular weight is 1300 g/mol. The Morgan fingerprint density at radius 1 is 0.819 bits per heavy atom. The standard InChI is InChI=1S/C76H103NO17/c1-43(2)23-22-24-44(3)52-31-32-53-51-30-29-49-39-50(35-37-72(49,11)54(51)36-38-73(52,53)12)89-58(79)33-34-59(80)91-63(61(47-25-18-16-19-26-47)77-69(84)94-70(6,7)8)68(83)90-55-41-76(85)66(92-67(82)48-27-20-17-21-28-48)64-74(13,65(81)62(87-15)60(45(55)4)71(76,9)10)56(86-14)40-57-75(64,42-88-57)93-46(5)78/h16-21,25-29,33-34,43-44,50-57,61-64,66,85H,22-24,30-32,35-42H2,1-15H3,(H,77,84)/b34-33+/t44-,50+,51?,52-,53?,54?,55+,56+,57-,61+,62-,63-,64+,66+,72+,73-,74-,75+,76-/m1/s1. The van der Waals surface area contributed by atoms with Crippen LogP contribution in [0.25, 0.3) is 0 Å². The summed E-state index contributed by atoms with van der Waals surface area (Å²) in [6, 6.07) is 14.8. The predicted octanol–water partition coefficient (Wildman–Crippen LogP) is 12.6. The van der Waals surface area contributed by atoms with Gasteiger partial charge >= 0.3 is 35.9 Å². The zero-order chi connectivity index (χ0) is 68.3. The highest BCUT2D eigenvalue weighted by atomic mass is 16.6. The van der Waals surface area contributed by atoms with E-state index in [9.17, 15) is 29.1 Å². The SMILES string of the molecule is CO[C@H]1C(=O)[C@]2(C)[C@@H](OC)C[C@H]3OC[C@@]3(OC(C)=O)[C@H]2[C@H](OC(=O)c2ccccc2)[C@]2(O)C[C@H](OC(=O)[C@H](OC(=O)/C=C/C(=O)O[C@H]3CC[C@@]4(C)C(=CCC5C4CC[C@@]4(C)C5CC[C@@H]4[C@H](C)CCCC(C)C)C3)[C@@H](NC(=O)OC(C)(C)C)c3ccccc3)C(C)=C1C2(C)C. The minimum absolute atomic E-state index is 0.00538. The van der Waals surface area contributed by atoms with E-state index in [4.69, 9.17) is 42.6 Å². The van der Waals surface area contributed by atoms with E-state index in [2.05, 4.69) is 46.0 Å². The van der Waals surface area contributed by atoms with E-state index >= 15 is 9.59 Å². The van der Waals surface area contributed by atoms with E-state index in [0.717, 1.165) is 42.7 Å². The van der Waals surface area contributed by atoms with E-state index in [1.807, 2.05) is 0 Å². The number of methoxy groups -OCH3 is 2. The smallest absolute Gasteiger partial charge is 0.408 e. The molecule has 3 unspecified atom stereocenters. The Labute approximate surface area is 555 Å². The molecule has 10 rings (SSSR count). The molecule has 0 aromatic heterocycles. The fourth-order valence-corrected chi connectivity index (χ4v) is 19.4. The summed E-state index contributed by atoms with van der Waals surface area (Å²) in [6.07, 6.45) is 5.95. The van der Waals surface area contributed by atoms with Gasteiger partial charge in [0, 0.05) is 58.0 Å². The van der Waals surface area contributed by atoms with Gasteiger partial charge in [-0.15, -0.1) is 0 Å². The van der Waals surface area contributed by atoms with E-state index in [0.29, 0.717) is 36.0 Å². The normalized spacial score (nSPS) is 35.8. The van der Waals surface area contributed by atoms with Crippen LogP contribution in [0.3, 0.4) is 0 Å². The molecule has 8 aliphatic rings. The Hall–Kier alpha value is -6.21. The monoisotopic (exact) mass is 1300 g/mol. The van der Waals surface area contributed by atoms with Gasteiger partial charge in [-0.3, -0.25) is 9.59 Å². The second kappa shape index (κ2) is 27.0. The molecule has 1 saturated heterocycles. The number of Topliss-reactive ketones (excluding diaryl/α,β-unsaturated/α-hetero) is 1. The Morgan fingerprint density at radius 2 is 1.50 bits per heavy atom. The molecule has 2 bridgehead atoms. The molecule has 18 heteroatoms. The molecule has 7 aliphatic carbocycles. The molecule has 94 heavy (non-hydrogen) atoms. The largest absolute Gasteiger partial charge is 0.459 e. The number of ether oxygens (including phenoxy) is 9. The summed E-state index contributed by atoms with van der Waals surface area (Å²) in [4.78, 5) is 102. The lowest BCUT2D eigenvalue weighted by Gasteiger charge is -2.67. The quantitative estimate of drug-likeness (QED) is 0.0576. The van der Waals surface area contributed by atoms with Crippen molar-refractivity contribution < 1.29 is 81.3 Å². The molecular weight excluding hydrogens is 1200 g/mol. The number of rotatable bonds is 19. The van der Waals surface area contributed by atoms with Crippen LogP contribution < -0.4 is 5.32 Å². The first-order chi connectivity index (χ1) is 44.3. The highest BCUT2D eigenvalue weighted by Gasteiger charge is 2.78. The van der Waals surface area contributed by atoms with Crippen molar-refractivity contribution in [3.8, 4) is 0 Å².